The van der Waals surface area contributed by atoms with Crippen molar-refractivity contribution in [1.29, 1.82) is 0 Å². The predicted molar refractivity (Wildman–Crippen MR) is 90.9 cm³/mol. The van der Waals surface area contributed by atoms with Crippen molar-refractivity contribution in [2.45, 2.75) is 18.6 Å². The van der Waals surface area contributed by atoms with Crippen LogP contribution in [-0.2, 0) is 6.18 Å². The first-order valence-electron chi connectivity index (χ1n) is 8.61. The van der Waals surface area contributed by atoms with Crippen LogP contribution in [0.1, 0.15) is 22.7 Å². The Bertz CT molecular complexity index is 765. The van der Waals surface area contributed by atoms with Crippen LogP contribution in [0.3, 0.4) is 0 Å². The van der Waals surface area contributed by atoms with E-state index in [1.807, 2.05) is 0 Å². The summed E-state index contributed by atoms with van der Waals surface area (Å²) < 4.78 is 79.5. The molecule has 1 saturated heterocycles. The highest BCUT2D eigenvalue weighted by Crippen LogP contribution is 2.34. The fraction of sp³-hybridized carbons (Fsp3) is 0.368. The SMILES string of the molecule is FC(F)(F)Oc1ccc([C@H](c2ccc(C(F)(F)F)cc2)N2CCNCC2)cc1. The van der Waals surface area contributed by atoms with Crippen molar-refractivity contribution >= 4 is 0 Å². The van der Waals surface area contributed by atoms with Gasteiger partial charge in [0.25, 0.3) is 0 Å². The number of piperazine rings is 1. The van der Waals surface area contributed by atoms with Crippen LogP contribution in [0.2, 0.25) is 0 Å². The summed E-state index contributed by atoms with van der Waals surface area (Å²) in [4.78, 5) is 2.08. The zero-order valence-electron chi connectivity index (χ0n) is 14.6. The molecule has 0 saturated carbocycles. The number of alkyl halides is 6. The van der Waals surface area contributed by atoms with Gasteiger partial charge in [0, 0.05) is 26.2 Å². The molecular formula is C19H18F6N2O. The van der Waals surface area contributed by atoms with E-state index in [4.69, 9.17) is 0 Å². The number of nitrogens with one attached hydrogen (secondary N) is 1. The van der Waals surface area contributed by atoms with Gasteiger partial charge in [0.2, 0.25) is 0 Å². The van der Waals surface area contributed by atoms with Crippen molar-refractivity contribution in [3.05, 3.63) is 65.2 Å². The lowest BCUT2D eigenvalue weighted by Gasteiger charge is -2.35. The van der Waals surface area contributed by atoms with E-state index in [1.54, 1.807) is 0 Å². The van der Waals surface area contributed by atoms with Gasteiger partial charge in [-0.15, -0.1) is 13.2 Å². The maximum atomic E-state index is 12.9. The van der Waals surface area contributed by atoms with Gasteiger partial charge >= 0.3 is 12.5 Å². The summed E-state index contributed by atoms with van der Waals surface area (Å²) in [6.45, 7) is 2.75. The molecule has 28 heavy (non-hydrogen) atoms. The second-order valence-electron chi connectivity index (χ2n) is 6.43. The fourth-order valence-corrected chi connectivity index (χ4v) is 3.26. The molecule has 1 aliphatic rings. The number of nitrogens with zero attached hydrogens (tertiary/aromatic N) is 1. The maximum absolute atomic E-state index is 12.9. The molecule has 152 valence electrons. The Morgan fingerprint density at radius 3 is 1.75 bits per heavy atom. The van der Waals surface area contributed by atoms with Gasteiger partial charge in [-0.25, -0.2) is 0 Å². The van der Waals surface area contributed by atoms with Crippen LogP contribution < -0.4 is 10.1 Å². The van der Waals surface area contributed by atoms with Crippen molar-refractivity contribution in [2.24, 2.45) is 0 Å². The molecular weight excluding hydrogens is 386 g/mol. The summed E-state index contributed by atoms with van der Waals surface area (Å²) in [6, 6.07) is 9.92. The van der Waals surface area contributed by atoms with E-state index >= 15 is 0 Å². The summed E-state index contributed by atoms with van der Waals surface area (Å²) in [5.74, 6) is -0.345. The number of hydrogen-bond donors (Lipinski definition) is 1. The predicted octanol–water partition coefficient (Wildman–Crippen LogP) is 4.60. The Labute approximate surface area is 157 Å². The Kier molecular flexibility index (Phi) is 5.85. The lowest BCUT2D eigenvalue weighted by atomic mass is 9.95. The monoisotopic (exact) mass is 404 g/mol. The van der Waals surface area contributed by atoms with E-state index in [-0.39, 0.29) is 11.8 Å². The van der Waals surface area contributed by atoms with Crippen molar-refractivity contribution in [2.75, 3.05) is 26.2 Å². The van der Waals surface area contributed by atoms with Crippen molar-refractivity contribution in [3.63, 3.8) is 0 Å². The molecule has 1 N–H and O–H groups in total. The van der Waals surface area contributed by atoms with Gasteiger partial charge in [-0.2, -0.15) is 13.2 Å². The fourth-order valence-electron chi connectivity index (χ4n) is 3.26. The summed E-state index contributed by atoms with van der Waals surface area (Å²) in [7, 11) is 0. The van der Waals surface area contributed by atoms with Crippen LogP contribution in [0.4, 0.5) is 26.3 Å². The minimum absolute atomic E-state index is 0.345. The van der Waals surface area contributed by atoms with Crippen LogP contribution in [0, 0.1) is 0 Å². The van der Waals surface area contributed by atoms with E-state index in [9.17, 15) is 26.3 Å². The number of ether oxygens (including phenoxy) is 1. The number of halogens is 6. The molecule has 3 nitrogen and oxygen atoms in total. The third-order valence-corrected chi connectivity index (χ3v) is 4.50. The average Bonchev–Trinajstić information content (AvgIpc) is 2.63. The largest absolute Gasteiger partial charge is 0.573 e. The topological polar surface area (TPSA) is 24.5 Å². The summed E-state index contributed by atoms with van der Waals surface area (Å²) >= 11 is 0. The number of rotatable bonds is 4. The molecule has 3 rings (SSSR count). The van der Waals surface area contributed by atoms with Gasteiger partial charge in [-0.3, -0.25) is 4.90 Å². The maximum Gasteiger partial charge on any atom is 0.573 e. The van der Waals surface area contributed by atoms with E-state index in [0.29, 0.717) is 37.3 Å². The first-order chi connectivity index (χ1) is 13.1. The smallest absolute Gasteiger partial charge is 0.406 e. The average molecular weight is 404 g/mol. The van der Waals surface area contributed by atoms with Crippen LogP contribution in [-0.4, -0.2) is 37.4 Å². The Hall–Kier alpha value is -2.26. The molecule has 2 aromatic carbocycles. The molecule has 1 atom stereocenters. The first-order valence-corrected chi connectivity index (χ1v) is 8.61. The van der Waals surface area contributed by atoms with Gasteiger partial charge in [-0.1, -0.05) is 24.3 Å². The van der Waals surface area contributed by atoms with Crippen molar-refractivity contribution in [3.8, 4) is 5.75 Å². The van der Waals surface area contributed by atoms with E-state index in [2.05, 4.69) is 15.0 Å². The number of hydrogen-bond acceptors (Lipinski definition) is 3. The zero-order valence-corrected chi connectivity index (χ0v) is 14.6. The molecule has 0 unspecified atom stereocenters. The summed E-state index contributed by atoms with van der Waals surface area (Å²) in [5.41, 5.74) is 0.569. The third-order valence-electron chi connectivity index (χ3n) is 4.50. The first kappa shape index (κ1) is 20.5. The highest BCUT2D eigenvalue weighted by atomic mass is 19.4. The quantitative estimate of drug-likeness (QED) is 0.754. The van der Waals surface area contributed by atoms with Gasteiger partial charge in [0.05, 0.1) is 11.6 Å². The second kappa shape index (κ2) is 8.00. The van der Waals surface area contributed by atoms with Crippen LogP contribution in [0.5, 0.6) is 5.75 Å². The summed E-state index contributed by atoms with van der Waals surface area (Å²) in [5, 5.41) is 3.20. The van der Waals surface area contributed by atoms with E-state index in [1.165, 1.54) is 36.4 Å². The zero-order chi connectivity index (χ0) is 20.4. The van der Waals surface area contributed by atoms with Crippen molar-refractivity contribution < 1.29 is 31.1 Å². The van der Waals surface area contributed by atoms with Gasteiger partial charge in [0.15, 0.2) is 0 Å². The summed E-state index contributed by atoms with van der Waals surface area (Å²) in [6.07, 6.45) is -9.22. The Balaban J connectivity index is 1.91. The van der Waals surface area contributed by atoms with Crippen LogP contribution in [0.25, 0.3) is 0 Å². The molecule has 1 aliphatic heterocycles. The van der Waals surface area contributed by atoms with Gasteiger partial charge < -0.3 is 10.1 Å². The molecule has 0 aliphatic carbocycles. The van der Waals surface area contributed by atoms with E-state index in [0.717, 1.165) is 12.1 Å². The highest BCUT2D eigenvalue weighted by molar-refractivity contribution is 5.37. The standard InChI is InChI=1S/C19H18F6N2O/c20-18(21,22)15-5-1-13(2-6-15)17(27-11-9-26-10-12-27)14-3-7-16(8-4-14)28-19(23,24)25/h1-8,17,26H,9-12H2/t17-/m0/s1. The minimum atomic E-state index is -4.78. The number of benzene rings is 2. The molecule has 0 radical (unpaired) electrons. The molecule has 0 bridgehead atoms. The minimum Gasteiger partial charge on any atom is -0.406 e. The normalized spacial score (nSPS) is 17.4. The lowest BCUT2D eigenvalue weighted by Crippen LogP contribution is -2.45. The van der Waals surface area contributed by atoms with Crippen LogP contribution >= 0.6 is 0 Å². The third kappa shape index (κ3) is 5.17. The molecule has 2 aromatic rings. The van der Waals surface area contributed by atoms with Crippen LogP contribution in [0.15, 0.2) is 48.5 Å². The Morgan fingerprint density at radius 1 is 0.786 bits per heavy atom. The molecule has 1 fully saturated rings. The van der Waals surface area contributed by atoms with Gasteiger partial charge in [-0.05, 0) is 35.4 Å². The van der Waals surface area contributed by atoms with E-state index < -0.39 is 18.1 Å². The molecule has 0 amide bonds. The molecule has 0 aromatic heterocycles. The second-order valence-corrected chi connectivity index (χ2v) is 6.43. The Morgan fingerprint density at radius 2 is 1.29 bits per heavy atom. The highest BCUT2D eigenvalue weighted by Gasteiger charge is 2.32. The molecule has 0 spiro atoms. The van der Waals surface area contributed by atoms with Gasteiger partial charge in [0.1, 0.15) is 5.75 Å². The van der Waals surface area contributed by atoms with Crippen molar-refractivity contribution in [1.82, 2.24) is 10.2 Å². The lowest BCUT2D eigenvalue weighted by molar-refractivity contribution is -0.274. The molecule has 9 heteroatoms. The molecule has 1 heterocycles.